The first kappa shape index (κ1) is 21.2. The van der Waals surface area contributed by atoms with E-state index in [0.29, 0.717) is 16.8 Å². The molecule has 1 aliphatic rings. The third kappa shape index (κ3) is 3.85. The number of carbonyl (C=O) groups excluding carboxylic acids is 2. The van der Waals surface area contributed by atoms with Gasteiger partial charge in [0.15, 0.2) is 11.5 Å². The van der Waals surface area contributed by atoms with Crippen LogP contribution in [0.2, 0.25) is 0 Å². The number of methoxy groups -OCH3 is 1. The van der Waals surface area contributed by atoms with Crippen molar-refractivity contribution in [2.24, 2.45) is 0 Å². The van der Waals surface area contributed by atoms with Crippen molar-refractivity contribution >= 4 is 29.2 Å². The van der Waals surface area contributed by atoms with Gasteiger partial charge in [-0.2, -0.15) is 8.78 Å². The van der Waals surface area contributed by atoms with Gasteiger partial charge >= 0.3 is 6.61 Å². The van der Waals surface area contributed by atoms with Crippen molar-refractivity contribution in [2.75, 3.05) is 12.0 Å². The van der Waals surface area contributed by atoms with Crippen molar-refractivity contribution in [1.82, 2.24) is 0 Å². The van der Waals surface area contributed by atoms with Gasteiger partial charge in [0.2, 0.25) is 0 Å². The van der Waals surface area contributed by atoms with E-state index >= 15 is 0 Å². The maximum absolute atomic E-state index is 13.5. The molecule has 0 unspecified atom stereocenters. The third-order valence-electron chi connectivity index (χ3n) is 5.08. The molecule has 7 heteroatoms. The highest BCUT2D eigenvalue weighted by atomic mass is 19.3. The predicted octanol–water partition coefficient (Wildman–Crippen LogP) is 5.33. The lowest BCUT2D eigenvalue weighted by atomic mass is 9.91. The van der Waals surface area contributed by atoms with Crippen LogP contribution < -0.4 is 14.4 Å². The molecule has 0 fully saturated rings. The van der Waals surface area contributed by atoms with Crippen LogP contribution in [0.5, 0.6) is 11.5 Å². The Bertz CT molecular complexity index is 1240. The monoisotopic (exact) mass is 435 g/mol. The molecule has 0 aromatic heterocycles. The second kappa shape index (κ2) is 8.63. The summed E-state index contributed by atoms with van der Waals surface area (Å²) in [5, 5.41) is 0. The predicted molar refractivity (Wildman–Crippen MR) is 117 cm³/mol. The average molecular weight is 435 g/mol. The van der Waals surface area contributed by atoms with Crippen LogP contribution >= 0.6 is 0 Å². The average Bonchev–Trinajstić information content (AvgIpc) is 2.77. The standard InChI is InChI=1S/C25H19F2NO4/c1-15-7-5-9-17(13-15)28-23(29)19-11-4-3-10-18(19)20(24(28)30)14-16-8-6-12-21(31-2)22(16)32-25(26)27/h3-14,25H,1-2H3/b20-14-. The van der Waals surface area contributed by atoms with Crippen LogP contribution in [0.1, 0.15) is 27.0 Å². The molecule has 0 N–H and O–H groups in total. The van der Waals surface area contributed by atoms with Crippen LogP contribution in [0.15, 0.2) is 66.7 Å². The van der Waals surface area contributed by atoms with E-state index in [2.05, 4.69) is 4.74 Å². The number of hydrogen-bond donors (Lipinski definition) is 0. The van der Waals surface area contributed by atoms with Gasteiger partial charge in [0.1, 0.15) is 0 Å². The fourth-order valence-corrected chi connectivity index (χ4v) is 3.67. The summed E-state index contributed by atoms with van der Waals surface area (Å²) in [7, 11) is 1.34. The van der Waals surface area contributed by atoms with Crippen molar-refractivity contribution < 1.29 is 27.8 Å². The molecule has 1 heterocycles. The number of fused-ring (bicyclic) bond motifs is 1. The molecule has 0 aliphatic carbocycles. The Labute approximate surface area is 183 Å². The molecule has 0 saturated carbocycles. The number of para-hydroxylation sites is 1. The number of amides is 2. The molecule has 0 radical (unpaired) electrons. The topological polar surface area (TPSA) is 55.8 Å². The van der Waals surface area contributed by atoms with Crippen LogP contribution in [0.25, 0.3) is 11.6 Å². The summed E-state index contributed by atoms with van der Waals surface area (Å²) in [6, 6.07) is 18.3. The Morgan fingerprint density at radius 1 is 0.906 bits per heavy atom. The van der Waals surface area contributed by atoms with E-state index in [1.165, 1.54) is 25.3 Å². The number of nitrogens with zero attached hydrogens (tertiary/aromatic N) is 1. The molecule has 1 aliphatic heterocycles. The molecule has 3 aromatic carbocycles. The number of imide groups is 1. The van der Waals surface area contributed by atoms with Crippen molar-refractivity contribution in [1.29, 1.82) is 0 Å². The van der Waals surface area contributed by atoms with Crippen LogP contribution in [0.4, 0.5) is 14.5 Å². The molecule has 5 nitrogen and oxygen atoms in total. The number of aryl methyl sites for hydroxylation is 1. The fourth-order valence-electron chi connectivity index (χ4n) is 3.67. The van der Waals surface area contributed by atoms with E-state index < -0.39 is 18.4 Å². The summed E-state index contributed by atoms with van der Waals surface area (Å²) >= 11 is 0. The number of benzene rings is 3. The van der Waals surface area contributed by atoms with E-state index in [1.54, 1.807) is 48.5 Å². The first-order valence-electron chi connectivity index (χ1n) is 9.79. The Morgan fingerprint density at radius 3 is 2.31 bits per heavy atom. The number of alkyl halides is 2. The molecule has 0 saturated heterocycles. The molecule has 0 atom stereocenters. The fraction of sp³-hybridized carbons (Fsp3) is 0.120. The van der Waals surface area contributed by atoms with Gasteiger partial charge in [-0.15, -0.1) is 0 Å². The quantitative estimate of drug-likeness (QED) is 0.401. The lowest BCUT2D eigenvalue weighted by Gasteiger charge is -2.29. The summed E-state index contributed by atoms with van der Waals surface area (Å²) in [6.07, 6.45) is 1.44. The van der Waals surface area contributed by atoms with Gasteiger partial charge in [0.05, 0.1) is 12.8 Å². The molecule has 0 spiro atoms. The number of hydrogen-bond acceptors (Lipinski definition) is 4. The molecular formula is C25H19F2NO4. The van der Waals surface area contributed by atoms with Crippen LogP contribution in [-0.4, -0.2) is 25.5 Å². The smallest absolute Gasteiger partial charge is 0.387 e. The molecule has 3 aromatic rings. The van der Waals surface area contributed by atoms with E-state index in [-0.39, 0.29) is 22.6 Å². The van der Waals surface area contributed by atoms with Gasteiger partial charge in [-0.05, 0) is 48.4 Å². The highest BCUT2D eigenvalue weighted by Gasteiger charge is 2.36. The zero-order valence-electron chi connectivity index (χ0n) is 17.3. The first-order valence-corrected chi connectivity index (χ1v) is 9.79. The van der Waals surface area contributed by atoms with Gasteiger partial charge in [-0.1, -0.05) is 42.5 Å². The van der Waals surface area contributed by atoms with Crippen LogP contribution in [0.3, 0.4) is 0 Å². The zero-order chi connectivity index (χ0) is 22.8. The second-order valence-electron chi connectivity index (χ2n) is 7.15. The van der Waals surface area contributed by atoms with Crippen molar-refractivity contribution in [2.45, 2.75) is 13.5 Å². The molecular weight excluding hydrogens is 416 g/mol. The summed E-state index contributed by atoms with van der Waals surface area (Å²) in [6.45, 7) is -1.22. The normalized spacial score (nSPS) is 14.7. The van der Waals surface area contributed by atoms with E-state index in [4.69, 9.17) is 4.74 Å². The number of ether oxygens (including phenoxy) is 2. The maximum Gasteiger partial charge on any atom is 0.387 e. The number of halogens is 2. The Hall–Kier alpha value is -4.00. The zero-order valence-corrected chi connectivity index (χ0v) is 17.3. The highest BCUT2D eigenvalue weighted by molar-refractivity contribution is 6.43. The minimum atomic E-state index is -3.08. The SMILES string of the molecule is COc1cccc(/C=C2\C(=O)N(c3cccc(C)c3)C(=O)c3ccccc32)c1OC(F)F. The number of carbonyl (C=O) groups is 2. The van der Waals surface area contributed by atoms with Crippen LogP contribution in [-0.2, 0) is 4.79 Å². The van der Waals surface area contributed by atoms with Crippen molar-refractivity contribution in [3.63, 3.8) is 0 Å². The minimum absolute atomic E-state index is 0.0998. The molecule has 4 rings (SSSR count). The van der Waals surface area contributed by atoms with Crippen molar-refractivity contribution in [3.8, 4) is 11.5 Å². The van der Waals surface area contributed by atoms with E-state index in [0.717, 1.165) is 10.5 Å². The summed E-state index contributed by atoms with van der Waals surface area (Å²) in [5.74, 6) is -1.11. The molecule has 32 heavy (non-hydrogen) atoms. The van der Waals surface area contributed by atoms with Gasteiger partial charge in [-0.3, -0.25) is 9.59 Å². The van der Waals surface area contributed by atoms with Crippen LogP contribution in [0, 0.1) is 6.92 Å². The van der Waals surface area contributed by atoms with Gasteiger partial charge < -0.3 is 9.47 Å². The summed E-state index contributed by atoms with van der Waals surface area (Å²) in [5.41, 5.74) is 2.45. The van der Waals surface area contributed by atoms with Gasteiger partial charge in [-0.25, -0.2) is 4.90 Å². The molecule has 2 amide bonds. The van der Waals surface area contributed by atoms with Crippen molar-refractivity contribution in [3.05, 3.63) is 89.0 Å². The number of anilines is 1. The minimum Gasteiger partial charge on any atom is -0.493 e. The highest BCUT2D eigenvalue weighted by Crippen LogP contribution is 2.38. The Morgan fingerprint density at radius 2 is 1.62 bits per heavy atom. The second-order valence-corrected chi connectivity index (χ2v) is 7.15. The maximum atomic E-state index is 13.5. The molecule has 162 valence electrons. The van der Waals surface area contributed by atoms with E-state index in [1.807, 2.05) is 13.0 Å². The summed E-state index contributed by atoms with van der Waals surface area (Å²) in [4.78, 5) is 27.8. The third-order valence-corrected chi connectivity index (χ3v) is 5.08. The Kier molecular flexibility index (Phi) is 5.73. The first-order chi connectivity index (χ1) is 15.4. The lowest BCUT2D eigenvalue weighted by molar-refractivity contribution is -0.112. The largest absolute Gasteiger partial charge is 0.493 e. The van der Waals surface area contributed by atoms with E-state index in [9.17, 15) is 18.4 Å². The van der Waals surface area contributed by atoms with Gasteiger partial charge in [0, 0.05) is 16.7 Å². The molecule has 0 bridgehead atoms. The summed E-state index contributed by atoms with van der Waals surface area (Å²) < 4.78 is 36.0. The number of rotatable bonds is 5. The van der Waals surface area contributed by atoms with Gasteiger partial charge in [0.25, 0.3) is 11.8 Å². The Balaban J connectivity index is 1.92. The lowest BCUT2D eigenvalue weighted by Crippen LogP contribution is -2.41.